The van der Waals surface area contributed by atoms with Gasteiger partial charge in [-0.3, -0.25) is 14.3 Å². The van der Waals surface area contributed by atoms with Crippen molar-refractivity contribution in [2.45, 2.75) is 38.0 Å². The van der Waals surface area contributed by atoms with E-state index in [-0.39, 0.29) is 18.0 Å². The van der Waals surface area contributed by atoms with Crippen molar-refractivity contribution in [3.05, 3.63) is 48.5 Å². The first-order valence-electron chi connectivity index (χ1n) is 11.5. The fourth-order valence-electron chi connectivity index (χ4n) is 4.77. The number of nitrogen functional groups attached to an aromatic ring is 1. The Morgan fingerprint density at radius 1 is 1.23 bits per heavy atom. The van der Waals surface area contributed by atoms with E-state index in [0.29, 0.717) is 48.2 Å². The summed E-state index contributed by atoms with van der Waals surface area (Å²) in [5.41, 5.74) is 10.8. The molecular weight excluding hydrogens is 448 g/mol. The number of aromatic nitrogens is 5. The smallest absolute Gasteiger partial charge is 0.253 e. The SMILES string of the molecule is Cn1ccc(-c2cn(C3CCC(C(=O)Nc4ccc5c(c4)NC(=O)CC5)O3)c3ncnc(N)c23)n1. The van der Waals surface area contributed by atoms with Crippen molar-refractivity contribution < 1.29 is 14.3 Å². The van der Waals surface area contributed by atoms with Crippen molar-refractivity contribution in [1.82, 2.24) is 24.3 Å². The number of benzene rings is 1. The summed E-state index contributed by atoms with van der Waals surface area (Å²) in [6.45, 7) is 0. The van der Waals surface area contributed by atoms with E-state index in [9.17, 15) is 9.59 Å². The molecular formula is C24H24N8O3. The first-order valence-corrected chi connectivity index (χ1v) is 11.5. The predicted molar refractivity (Wildman–Crippen MR) is 129 cm³/mol. The number of amides is 2. The van der Waals surface area contributed by atoms with Gasteiger partial charge >= 0.3 is 0 Å². The molecule has 2 amide bonds. The average molecular weight is 473 g/mol. The Labute approximate surface area is 200 Å². The number of fused-ring (bicyclic) bond motifs is 2. The number of hydrogen-bond acceptors (Lipinski definition) is 7. The van der Waals surface area contributed by atoms with Gasteiger partial charge in [-0.25, -0.2) is 9.97 Å². The molecule has 6 rings (SSSR count). The number of carbonyl (C=O) groups excluding carboxylic acids is 2. The molecule has 35 heavy (non-hydrogen) atoms. The molecule has 178 valence electrons. The summed E-state index contributed by atoms with van der Waals surface area (Å²) >= 11 is 0. The highest BCUT2D eigenvalue weighted by atomic mass is 16.5. The Hall–Kier alpha value is -4.25. The number of nitrogens with two attached hydrogens (primary N) is 1. The molecule has 5 heterocycles. The standard InChI is InChI=1S/C24H24N8O3/c1-31-9-8-16(30-31)15-11-32(23-21(15)22(25)26-12-27-23)20-7-5-18(35-20)24(34)28-14-4-2-13-3-6-19(33)29-17(13)10-14/h2,4,8-12,18,20H,3,5-7H2,1H3,(H,28,34)(H,29,33)(H2,25,26,27). The van der Waals surface area contributed by atoms with Crippen LogP contribution in [0.4, 0.5) is 17.2 Å². The second-order valence-electron chi connectivity index (χ2n) is 8.85. The van der Waals surface area contributed by atoms with Gasteiger partial charge < -0.3 is 25.7 Å². The van der Waals surface area contributed by atoms with Gasteiger partial charge in [0.2, 0.25) is 5.91 Å². The fraction of sp³-hybridized carbons (Fsp3) is 0.292. The van der Waals surface area contributed by atoms with Crippen molar-refractivity contribution in [1.29, 1.82) is 0 Å². The fourth-order valence-corrected chi connectivity index (χ4v) is 4.77. The zero-order valence-corrected chi connectivity index (χ0v) is 19.1. The third-order valence-corrected chi connectivity index (χ3v) is 6.50. The minimum absolute atomic E-state index is 0.0172. The minimum Gasteiger partial charge on any atom is -0.383 e. The second-order valence-corrected chi connectivity index (χ2v) is 8.85. The number of aryl methyl sites for hydroxylation is 2. The summed E-state index contributed by atoms with van der Waals surface area (Å²) in [7, 11) is 1.85. The maximum absolute atomic E-state index is 13.0. The summed E-state index contributed by atoms with van der Waals surface area (Å²) in [5.74, 6) is 0.114. The Morgan fingerprint density at radius 2 is 2.11 bits per heavy atom. The van der Waals surface area contributed by atoms with Crippen molar-refractivity contribution in [3.63, 3.8) is 0 Å². The highest BCUT2D eigenvalue weighted by Crippen LogP contribution is 2.37. The molecule has 0 bridgehead atoms. The number of hydrogen-bond donors (Lipinski definition) is 3. The molecule has 0 radical (unpaired) electrons. The van der Waals surface area contributed by atoms with Crippen LogP contribution in [0.5, 0.6) is 0 Å². The van der Waals surface area contributed by atoms with Crippen molar-refractivity contribution >= 4 is 40.0 Å². The molecule has 0 spiro atoms. The summed E-state index contributed by atoms with van der Waals surface area (Å²) in [6.07, 6.45) is 6.54. The lowest BCUT2D eigenvalue weighted by molar-refractivity contribution is -0.128. The third kappa shape index (κ3) is 3.79. The second kappa shape index (κ2) is 8.20. The Morgan fingerprint density at radius 3 is 2.94 bits per heavy atom. The van der Waals surface area contributed by atoms with Gasteiger partial charge in [-0.2, -0.15) is 5.10 Å². The lowest BCUT2D eigenvalue weighted by Gasteiger charge is -2.19. The normalized spacial score (nSPS) is 19.5. The van der Waals surface area contributed by atoms with Crippen LogP contribution in [-0.4, -0.2) is 42.2 Å². The zero-order valence-electron chi connectivity index (χ0n) is 19.1. The van der Waals surface area contributed by atoms with E-state index in [0.717, 1.165) is 22.5 Å². The van der Waals surface area contributed by atoms with Crippen LogP contribution in [0.15, 0.2) is 43.0 Å². The van der Waals surface area contributed by atoms with Crippen LogP contribution in [0.2, 0.25) is 0 Å². The maximum atomic E-state index is 13.0. The van der Waals surface area contributed by atoms with Crippen LogP contribution in [0.25, 0.3) is 22.3 Å². The monoisotopic (exact) mass is 472 g/mol. The molecule has 11 nitrogen and oxygen atoms in total. The number of nitrogens with zero attached hydrogens (tertiary/aromatic N) is 5. The number of carbonyl (C=O) groups is 2. The van der Waals surface area contributed by atoms with Crippen molar-refractivity contribution in [3.8, 4) is 11.3 Å². The van der Waals surface area contributed by atoms with Gasteiger partial charge in [-0.15, -0.1) is 0 Å². The number of rotatable bonds is 4. The van der Waals surface area contributed by atoms with E-state index >= 15 is 0 Å². The van der Waals surface area contributed by atoms with Gasteiger partial charge in [0.25, 0.3) is 5.91 Å². The summed E-state index contributed by atoms with van der Waals surface area (Å²) < 4.78 is 9.79. The number of ether oxygens (including phenoxy) is 1. The maximum Gasteiger partial charge on any atom is 0.253 e. The predicted octanol–water partition coefficient (Wildman–Crippen LogP) is 2.61. The van der Waals surface area contributed by atoms with Crippen molar-refractivity contribution in [2.24, 2.45) is 7.05 Å². The Bertz CT molecular complexity index is 1470. The van der Waals surface area contributed by atoms with E-state index in [1.165, 1.54) is 6.33 Å². The van der Waals surface area contributed by atoms with Gasteiger partial charge in [0.1, 0.15) is 30.1 Å². The first kappa shape index (κ1) is 21.3. The first-order chi connectivity index (χ1) is 17.0. The van der Waals surface area contributed by atoms with Crippen LogP contribution < -0.4 is 16.4 Å². The lowest BCUT2D eigenvalue weighted by Crippen LogP contribution is -2.28. The molecule has 0 saturated carbocycles. The highest BCUT2D eigenvalue weighted by molar-refractivity contribution is 6.00. The molecule has 3 aromatic heterocycles. The molecule has 1 aromatic carbocycles. The Kier molecular flexibility index (Phi) is 4.99. The van der Waals surface area contributed by atoms with Crippen LogP contribution in [0.1, 0.15) is 31.1 Å². The quantitative estimate of drug-likeness (QED) is 0.414. The molecule has 4 aromatic rings. The van der Waals surface area contributed by atoms with Crippen LogP contribution >= 0.6 is 0 Å². The van der Waals surface area contributed by atoms with Gasteiger partial charge in [0.15, 0.2) is 0 Å². The topological polar surface area (TPSA) is 142 Å². The van der Waals surface area contributed by atoms with Gasteiger partial charge in [0.05, 0.1) is 11.1 Å². The van der Waals surface area contributed by atoms with E-state index in [2.05, 4.69) is 25.7 Å². The highest BCUT2D eigenvalue weighted by Gasteiger charge is 2.33. The minimum atomic E-state index is -0.624. The summed E-state index contributed by atoms with van der Waals surface area (Å²) in [5, 5.41) is 11.0. The lowest BCUT2D eigenvalue weighted by atomic mass is 10.0. The molecule has 2 atom stereocenters. The summed E-state index contributed by atoms with van der Waals surface area (Å²) in [6, 6.07) is 7.46. The number of nitrogens with one attached hydrogen (secondary N) is 2. The van der Waals surface area contributed by atoms with Gasteiger partial charge in [-0.1, -0.05) is 6.07 Å². The largest absolute Gasteiger partial charge is 0.383 e. The summed E-state index contributed by atoms with van der Waals surface area (Å²) in [4.78, 5) is 33.3. The van der Waals surface area contributed by atoms with E-state index in [1.807, 2.05) is 42.2 Å². The van der Waals surface area contributed by atoms with Crippen LogP contribution in [-0.2, 0) is 27.8 Å². The molecule has 2 aliphatic rings. The van der Waals surface area contributed by atoms with E-state index in [1.54, 1.807) is 10.7 Å². The molecule has 0 aliphatic carbocycles. The number of anilines is 3. The molecule has 2 aliphatic heterocycles. The van der Waals surface area contributed by atoms with Gasteiger partial charge in [-0.05, 0) is 43.0 Å². The zero-order chi connectivity index (χ0) is 24.1. The third-order valence-electron chi connectivity index (χ3n) is 6.50. The molecule has 2 unspecified atom stereocenters. The Balaban J connectivity index is 1.23. The van der Waals surface area contributed by atoms with E-state index < -0.39 is 6.10 Å². The van der Waals surface area contributed by atoms with Crippen molar-refractivity contribution in [2.75, 3.05) is 16.4 Å². The average Bonchev–Trinajstić information content (AvgIpc) is 3.57. The van der Waals surface area contributed by atoms with Crippen LogP contribution in [0, 0.1) is 0 Å². The van der Waals surface area contributed by atoms with E-state index in [4.69, 9.17) is 10.5 Å². The molecule has 11 heteroatoms. The molecule has 1 saturated heterocycles. The molecule has 1 fully saturated rings. The van der Waals surface area contributed by atoms with Crippen LogP contribution in [0.3, 0.4) is 0 Å². The molecule has 4 N–H and O–H groups in total. The van der Waals surface area contributed by atoms with Gasteiger partial charge in [0, 0.05) is 42.8 Å².